The molecule has 1 aromatic rings. The minimum Gasteiger partial charge on any atom is -0.489 e. The molecule has 30 heavy (non-hydrogen) atoms. The first-order valence-electron chi connectivity index (χ1n) is 10.5. The molecule has 0 spiro atoms. The standard InChI is InChI=1S/C21H24N4O5/c1-2-18(27)23-7-8-24-12(9-23)11-30-19-14-10-25(16-5-6-17(26)22-20(16)28)21(29)13(14)3-4-15(19)24/h3-4,12,16H,2,5-11H2,1H3,(H,22,26,28). The van der Waals surface area contributed by atoms with Crippen LogP contribution in [-0.4, -0.2) is 71.8 Å². The van der Waals surface area contributed by atoms with Crippen LogP contribution in [0, 0.1) is 0 Å². The fourth-order valence-corrected chi connectivity index (χ4v) is 4.93. The third-order valence-corrected chi connectivity index (χ3v) is 6.51. The summed E-state index contributed by atoms with van der Waals surface area (Å²) in [6.07, 6.45) is 1.06. The number of carbonyl (C=O) groups is 4. The van der Waals surface area contributed by atoms with Crippen LogP contribution >= 0.6 is 0 Å². The highest BCUT2D eigenvalue weighted by molar-refractivity contribution is 6.06. The highest BCUT2D eigenvalue weighted by Gasteiger charge is 2.43. The summed E-state index contributed by atoms with van der Waals surface area (Å²) in [4.78, 5) is 54.5. The molecule has 4 aliphatic rings. The van der Waals surface area contributed by atoms with Crippen molar-refractivity contribution < 1.29 is 23.9 Å². The van der Waals surface area contributed by atoms with Gasteiger partial charge in [-0.25, -0.2) is 0 Å². The normalized spacial score (nSPS) is 25.4. The molecule has 4 amide bonds. The lowest BCUT2D eigenvalue weighted by molar-refractivity contribution is -0.137. The van der Waals surface area contributed by atoms with Gasteiger partial charge in [-0.05, 0) is 18.6 Å². The second kappa shape index (κ2) is 7.00. The molecule has 0 saturated carbocycles. The summed E-state index contributed by atoms with van der Waals surface area (Å²) >= 11 is 0. The molecule has 1 aromatic carbocycles. The van der Waals surface area contributed by atoms with E-state index in [0.29, 0.717) is 50.4 Å². The van der Waals surface area contributed by atoms with Crippen LogP contribution in [0.3, 0.4) is 0 Å². The molecule has 2 saturated heterocycles. The molecule has 0 aliphatic carbocycles. The number of imide groups is 1. The molecule has 0 bridgehead atoms. The lowest BCUT2D eigenvalue weighted by atomic mass is 10.0. The monoisotopic (exact) mass is 412 g/mol. The van der Waals surface area contributed by atoms with Crippen molar-refractivity contribution in [2.45, 2.75) is 44.8 Å². The average Bonchev–Trinajstić information content (AvgIpc) is 3.09. The fourth-order valence-electron chi connectivity index (χ4n) is 4.93. The Balaban J connectivity index is 1.40. The number of rotatable bonds is 2. The topological polar surface area (TPSA) is 99.3 Å². The molecule has 0 radical (unpaired) electrons. The van der Waals surface area contributed by atoms with Crippen molar-refractivity contribution >= 4 is 29.3 Å². The Morgan fingerprint density at radius 2 is 2.03 bits per heavy atom. The Morgan fingerprint density at radius 3 is 2.80 bits per heavy atom. The number of benzene rings is 1. The number of nitrogens with zero attached hydrogens (tertiary/aromatic N) is 3. The number of carbonyl (C=O) groups excluding carboxylic acids is 4. The smallest absolute Gasteiger partial charge is 0.255 e. The van der Waals surface area contributed by atoms with Crippen molar-refractivity contribution in [3.63, 3.8) is 0 Å². The van der Waals surface area contributed by atoms with Gasteiger partial charge >= 0.3 is 0 Å². The predicted molar refractivity (Wildman–Crippen MR) is 106 cm³/mol. The van der Waals surface area contributed by atoms with E-state index >= 15 is 0 Å². The maximum absolute atomic E-state index is 13.0. The number of amides is 4. The van der Waals surface area contributed by atoms with E-state index in [4.69, 9.17) is 4.74 Å². The summed E-state index contributed by atoms with van der Waals surface area (Å²) in [7, 11) is 0. The van der Waals surface area contributed by atoms with Crippen molar-refractivity contribution in [2.75, 3.05) is 31.1 Å². The van der Waals surface area contributed by atoms with Gasteiger partial charge in [0.1, 0.15) is 18.4 Å². The number of hydrogen-bond acceptors (Lipinski definition) is 6. The zero-order valence-electron chi connectivity index (χ0n) is 16.8. The van der Waals surface area contributed by atoms with E-state index in [-0.39, 0.29) is 30.2 Å². The van der Waals surface area contributed by atoms with Crippen molar-refractivity contribution in [3.05, 3.63) is 23.3 Å². The predicted octanol–water partition coefficient (Wildman–Crippen LogP) is 0.267. The lowest BCUT2D eigenvalue weighted by Crippen LogP contribution is -2.58. The fraction of sp³-hybridized carbons (Fsp3) is 0.524. The number of nitrogens with one attached hydrogen (secondary N) is 1. The molecule has 9 heteroatoms. The molecule has 158 valence electrons. The first-order valence-corrected chi connectivity index (χ1v) is 10.5. The van der Waals surface area contributed by atoms with Crippen LogP contribution < -0.4 is 15.0 Å². The molecule has 2 atom stereocenters. The van der Waals surface area contributed by atoms with Crippen molar-refractivity contribution in [1.29, 1.82) is 0 Å². The highest BCUT2D eigenvalue weighted by Crippen LogP contribution is 2.43. The van der Waals surface area contributed by atoms with E-state index < -0.39 is 11.9 Å². The van der Waals surface area contributed by atoms with Crippen LogP contribution in [0.1, 0.15) is 42.1 Å². The molecule has 5 rings (SSSR count). The maximum atomic E-state index is 13.0. The van der Waals surface area contributed by atoms with Gasteiger partial charge in [0.15, 0.2) is 0 Å². The van der Waals surface area contributed by atoms with Crippen LogP contribution in [-0.2, 0) is 20.9 Å². The molecule has 9 nitrogen and oxygen atoms in total. The number of piperidine rings is 1. The zero-order chi connectivity index (χ0) is 21.0. The van der Waals surface area contributed by atoms with Crippen molar-refractivity contribution in [2.24, 2.45) is 0 Å². The summed E-state index contributed by atoms with van der Waals surface area (Å²) in [5.41, 5.74) is 2.29. The summed E-state index contributed by atoms with van der Waals surface area (Å²) in [5, 5.41) is 2.33. The van der Waals surface area contributed by atoms with Crippen molar-refractivity contribution in [1.82, 2.24) is 15.1 Å². The summed E-state index contributed by atoms with van der Waals surface area (Å²) in [5.74, 6) is -0.0692. The number of hydrogen-bond donors (Lipinski definition) is 1. The van der Waals surface area contributed by atoms with Crippen LogP contribution in [0.4, 0.5) is 5.69 Å². The Hall–Kier alpha value is -3.10. The number of fused-ring (bicyclic) bond motifs is 5. The number of piperazine rings is 1. The summed E-state index contributed by atoms with van der Waals surface area (Å²) < 4.78 is 6.11. The van der Waals surface area contributed by atoms with Gasteiger partial charge in [0.25, 0.3) is 5.91 Å². The number of anilines is 1. The summed E-state index contributed by atoms with van der Waals surface area (Å²) in [6.45, 7) is 4.63. The lowest BCUT2D eigenvalue weighted by Gasteiger charge is -2.46. The van der Waals surface area contributed by atoms with Crippen LogP contribution in [0.5, 0.6) is 5.75 Å². The van der Waals surface area contributed by atoms with E-state index in [0.717, 1.165) is 17.8 Å². The minimum absolute atomic E-state index is 0.0862. The molecular weight excluding hydrogens is 388 g/mol. The third-order valence-electron chi connectivity index (χ3n) is 6.51. The van der Waals surface area contributed by atoms with Gasteiger partial charge in [-0.2, -0.15) is 0 Å². The number of ether oxygens (including phenoxy) is 1. The van der Waals surface area contributed by atoms with Gasteiger partial charge in [-0.1, -0.05) is 6.92 Å². The van der Waals surface area contributed by atoms with Gasteiger partial charge in [0.05, 0.1) is 18.3 Å². The van der Waals surface area contributed by atoms with Crippen molar-refractivity contribution in [3.8, 4) is 5.75 Å². The minimum atomic E-state index is -0.641. The first-order chi connectivity index (χ1) is 14.5. The zero-order valence-corrected chi connectivity index (χ0v) is 16.8. The van der Waals surface area contributed by atoms with Gasteiger partial charge in [0.2, 0.25) is 17.7 Å². The Labute approximate surface area is 173 Å². The van der Waals surface area contributed by atoms with Gasteiger partial charge in [0, 0.05) is 43.6 Å². The second-order valence-corrected chi connectivity index (χ2v) is 8.19. The Morgan fingerprint density at radius 1 is 1.20 bits per heavy atom. The van der Waals surface area contributed by atoms with Gasteiger partial charge in [-0.3, -0.25) is 24.5 Å². The van der Waals surface area contributed by atoms with Gasteiger partial charge in [-0.15, -0.1) is 0 Å². The molecular formula is C21H24N4O5. The molecule has 4 aliphatic heterocycles. The van der Waals surface area contributed by atoms with E-state index in [1.54, 1.807) is 11.0 Å². The third kappa shape index (κ3) is 2.83. The molecule has 4 heterocycles. The SMILES string of the molecule is CCC(=O)N1CCN2c3ccc4c(c3OCC2C1)CN(C1CCC(=O)NC1=O)C4=O. The second-order valence-electron chi connectivity index (χ2n) is 8.19. The highest BCUT2D eigenvalue weighted by atomic mass is 16.5. The Kier molecular flexibility index (Phi) is 4.41. The van der Waals surface area contributed by atoms with Crippen LogP contribution in [0.2, 0.25) is 0 Å². The Bertz CT molecular complexity index is 961. The van der Waals surface area contributed by atoms with E-state index in [1.807, 2.05) is 17.9 Å². The molecule has 0 aromatic heterocycles. The van der Waals surface area contributed by atoms with Crippen LogP contribution in [0.15, 0.2) is 12.1 Å². The molecule has 1 N–H and O–H groups in total. The van der Waals surface area contributed by atoms with E-state index in [9.17, 15) is 19.2 Å². The average molecular weight is 412 g/mol. The van der Waals surface area contributed by atoms with Gasteiger partial charge < -0.3 is 19.4 Å². The summed E-state index contributed by atoms with van der Waals surface area (Å²) in [6, 6.07) is 3.16. The first kappa shape index (κ1) is 18.9. The quantitative estimate of drug-likeness (QED) is 0.700. The van der Waals surface area contributed by atoms with E-state index in [1.165, 1.54) is 0 Å². The van der Waals surface area contributed by atoms with E-state index in [2.05, 4.69) is 10.2 Å². The largest absolute Gasteiger partial charge is 0.489 e. The molecule has 2 fully saturated rings. The maximum Gasteiger partial charge on any atom is 0.255 e. The molecule has 2 unspecified atom stereocenters. The van der Waals surface area contributed by atoms with Crippen LogP contribution in [0.25, 0.3) is 0 Å².